The van der Waals surface area contributed by atoms with Crippen LogP contribution in [-0.4, -0.2) is 45.1 Å². The van der Waals surface area contributed by atoms with Crippen LogP contribution < -0.4 is 4.90 Å². The van der Waals surface area contributed by atoms with E-state index in [4.69, 9.17) is 29.9 Å². The predicted molar refractivity (Wildman–Crippen MR) is 408 cm³/mol. The van der Waals surface area contributed by atoms with Crippen LogP contribution >= 0.6 is 11.3 Å². The molecule has 0 radical (unpaired) electrons. The van der Waals surface area contributed by atoms with Gasteiger partial charge < -0.3 is 9.47 Å². The second-order valence-corrected chi connectivity index (χ2v) is 27.1. The number of aromatic nitrogens is 8. The zero-order chi connectivity index (χ0) is 65.3. The lowest BCUT2D eigenvalue weighted by atomic mass is 9.72. The minimum absolute atomic E-state index is 0.0488. The van der Waals surface area contributed by atoms with Crippen LogP contribution in [0.3, 0.4) is 0 Å². The molecule has 0 bridgehead atoms. The molecule has 18 aromatic rings. The Kier molecular flexibility index (Phi) is 12.8. The van der Waals surface area contributed by atoms with Crippen LogP contribution in [0.1, 0.15) is 18.1 Å². The van der Waals surface area contributed by atoms with Crippen molar-refractivity contribution in [3.8, 4) is 79.3 Å². The summed E-state index contributed by atoms with van der Waals surface area (Å²) in [7, 11) is 0. The largest absolute Gasteiger partial charge is 0.318 e. The summed E-state index contributed by atoms with van der Waals surface area (Å²) >= 11 is 1.85. The van der Waals surface area contributed by atoms with Crippen molar-refractivity contribution in [3.63, 3.8) is 0 Å². The van der Waals surface area contributed by atoms with Crippen LogP contribution in [0.25, 0.3) is 159 Å². The fourth-order valence-electron chi connectivity index (χ4n) is 15.6. The van der Waals surface area contributed by atoms with E-state index in [0.717, 1.165) is 111 Å². The van der Waals surface area contributed by atoms with Crippen LogP contribution in [-0.2, 0) is 5.41 Å². The fourth-order valence-corrected chi connectivity index (χ4v) is 16.7. The van der Waals surface area contributed by atoms with Gasteiger partial charge in [0.1, 0.15) is 5.82 Å². The van der Waals surface area contributed by atoms with E-state index >= 15 is 0 Å². The highest BCUT2D eigenvalue weighted by atomic mass is 32.1. The summed E-state index contributed by atoms with van der Waals surface area (Å²) in [6.07, 6.45) is 11.2. The van der Waals surface area contributed by atoms with Crippen molar-refractivity contribution >= 4 is 103 Å². The van der Waals surface area contributed by atoms with Gasteiger partial charge in [0.2, 0.25) is 5.95 Å². The van der Waals surface area contributed by atoms with E-state index in [0.29, 0.717) is 23.4 Å². The molecule has 12 aromatic carbocycles. The molecule has 7 heterocycles. The maximum absolute atomic E-state index is 5.48. The lowest BCUT2D eigenvalue weighted by molar-refractivity contribution is 0.556. The van der Waals surface area contributed by atoms with Crippen molar-refractivity contribution in [3.05, 3.63) is 333 Å². The number of anilines is 2. The Balaban J connectivity index is 0.711. The molecule has 2 unspecified atom stereocenters. The van der Waals surface area contributed by atoms with Crippen LogP contribution in [0.2, 0.25) is 0 Å². The third-order valence-corrected chi connectivity index (χ3v) is 21.4. The van der Waals surface area contributed by atoms with Crippen molar-refractivity contribution in [2.45, 2.75) is 18.4 Å². The number of hydrogen-bond acceptors (Lipinski definition) is 8. The average molecular weight is 1280 g/mol. The topological polar surface area (TPSA) is 90.4 Å². The lowest BCUT2D eigenvalue weighted by Crippen LogP contribution is -2.39. The fraction of sp³-hybridized carbons (Fsp3) is 0.0337. The van der Waals surface area contributed by atoms with E-state index in [1.807, 2.05) is 78.2 Å². The van der Waals surface area contributed by atoms with Crippen molar-refractivity contribution in [1.82, 2.24) is 39.0 Å². The molecular formula is C89H57N9S. The molecule has 10 heteroatoms. The Morgan fingerprint density at radius 1 is 0.364 bits per heavy atom. The molecule has 2 aliphatic rings. The Labute approximate surface area is 573 Å². The van der Waals surface area contributed by atoms with Crippen LogP contribution in [0.5, 0.6) is 0 Å². The summed E-state index contributed by atoms with van der Waals surface area (Å²) in [6.45, 7) is 2.40. The van der Waals surface area contributed by atoms with Crippen LogP contribution in [0, 0.1) is 0 Å². The van der Waals surface area contributed by atoms with Gasteiger partial charge in [0, 0.05) is 104 Å². The zero-order valence-electron chi connectivity index (χ0n) is 53.6. The summed E-state index contributed by atoms with van der Waals surface area (Å²) < 4.78 is 7.19. The molecule has 0 fully saturated rings. The van der Waals surface area contributed by atoms with Crippen LogP contribution in [0.4, 0.5) is 11.5 Å². The Hall–Kier alpha value is -12.8. The van der Waals surface area contributed by atoms with Gasteiger partial charge in [-0.3, -0.25) is 4.57 Å². The van der Waals surface area contributed by atoms with Crippen molar-refractivity contribution < 1.29 is 0 Å². The second-order valence-electron chi connectivity index (χ2n) is 26.0. The van der Waals surface area contributed by atoms with Gasteiger partial charge in [0.15, 0.2) is 17.5 Å². The number of nitrogens with zero attached hydrogens (tertiary/aromatic N) is 9. The molecule has 1 aliphatic heterocycles. The summed E-state index contributed by atoms with van der Waals surface area (Å²) in [5.74, 6) is 3.44. The summed E-state index contributed by atoms with van der Waals surface area (Å²) in [6, 6.07) is 104. The molecule has 1 aliphatic carbocycles. The molecule has 2 atom stereocenters. The van der Waals surface area contributed by atoms with E-state index in [1.165, 1.54) is 47.6 Å². The normalized spacial score (nSPS) is 15.1. The summed E-state index contributed by atoms with van der Waals surface area (Å²) in [5, 5.41) is 9.40. The summed E-state index contributed by atoms with van der Waals surface area (Å²) in [4.78, 5) is 33.3. The number of rotatable bonds is 10. The molecule has 0 amide bonds. The first-order chi connectivity index (χ1) is 48.9. The molecule has 99 heavy (non-hydrogen) atoms. The quantitative estimate of drug-likeness (QED) is 0.135. The van der Waals surface area contributed by atoms with Gasteiger partial charge >= 0.3 is 0 Å². The van der Waals surface area contributed by atoms with Gasteiger partial charge in [0.05, 0.1) is 33.8 Å². The third kappa shape index (κ3) is 9.21. The third-order valence-electron chi connectivity index (χ3n) is 20.3. The number of para-hydroxylation sites is 2. The number of hydrogen-bond donors (Lipinski definition) is 0. The first-order valence-electron chi connectivity index (χ1n) is 33.5. The molecule has 464 valence electrons. The maximum Gasteiger partial charge on any atom is 0.238 e. The number of benzene rings is 12. The first kappa shape index (κ1) is 56.6. The van der Waals surface area contributed by atoms with Gasteiger partial charge in [-0.2, -0.15) is 9.97 Å². The molecule has 0 spiro atoms. The molecule has 20 rings (SSSR count). The van der Waals surface area contributed by atoms with E-state index in [9.17, 15) is 0 Å². The standard InChI is InChI=1S/C89H57N9S/c1-89-53-64(62-36-42-79-71(51-62)69-29-14-16-31-76(69)98(79)88-94-85(56-21-8-3-9-22-56)93-86(95-88)57-23-10-4-11-24-57)38-44-82(89)97(66-26-12-5-13-27-66)87-83(89)68-39-33-58(47-65(68)54-91-87)59-34-40-77-72(49-59)73-50-60(61-37-43-81-74(52-61)70-30-15-17-32-80(70)99-81)35-41-78(73)96(77)67-28-18-25-63(48-67)84-90-46-45-75(92-84)55-19-6-2-7-20-55/h2-54,82H,1H3. The SMILES string of the molecule is CC12C=C(c3ccc4c(c3)c3ccccc3n4-c3nc(-c4ccccc4)nc(-c4ccccc4)n3)C=CC1N(c1ccccc1)c1ncc3cc(-c4ccc5c(c4)c4cc(-c6ccc7sc8ccccc8c7c6)ccc4n5-c4cccc(-c5nccc(-c6ccccc6)n5)c4)ccc3c12. The van der Waals surface area contributed by atoms with E-state index in [2.05, 4.69) is 276 Å². The van der Waals surface area contributed by atoms with Crippen molar-refractivity contribution in [2.75, 3.05) is 4.90 Å². The monoisotopic (exact) mass is 1280 g/mol. The van der Waals surface area contributed by atoms with Crippen molar-refractivity contribution in [2.24, 2.45) is 0 Å². The molecule has 0 N–H and O–H groups in total. The molecule has 9 nitrogen and oxygen atoms in total. The molecule has 0 saturated heterocycles. The van der Waals surface area contributed by atoms with Gasteiger partial charge in [-0.05, 0) is 143 Å². The molecule has 6 aromatic heterocycles. The minimum atomic E-state index is -0.494. The van der Waals surface area contributed by atoms with Gasteiger partial charge in [-0.1, -0.05) is 212 Å². The lowest BCUT2D eigenvalue weighted by Gasteiger charge is -2.35. The second kappa shape index (κ2) is 22.4. The number of fused-ring (bicyclic) bond motifs is 14. The molecule has 0 saturated carbocycles. The highest BCUT2D eigenvalue weighted by Gasteiger charge is 2.49. The predicted octanol–water partition coefficient (Wildman–Crippen LogP) is 22.2. The van der Waals surface area contributed by atoms with Gasteiger partial charge in [-0.15, -0.1) is 11.3 Å². The van der Waals surface area contributed by atoms with Crippen molar-refractivity contribution in [1.29, 1.82) is 0 Å². The number of allylic oxidation sites excluding steroid dienone is 2. The number of thiophene rings is 1. The number of pyridine rings is 1. The zero-order valence-corrected chi connectivity index (χ0v) is 54.4. The Morgan fingerprint density at radius 2 is 0.909 bits per heavy atom. The Morgan fingerprint density at radius 3 is 1.64 bits per heavy atom. The first-order valence-corrected chi connectivity index (χ1v) is 34.3. The van der Waals surface area contributed by atoms with Crippen LogP contribution in [0.15, 0.2) is 322 Å². The maximum atomic E-state index is 5.48. The van der Waals surface area contributed by atoms with E-state index in [-0.39, 0.29) is 6.04 Å². The summed E-state index contributed by atoms with van der Waals surface area (Å²) in [5.41, 5.74) is 18.7. The van der Waals surface area contributed by atoms with E-state index < -0.39 is 5.41 Å². The highest BCUT2D eigenvalue weighted by molar-refractivity contribution is 7.25. The van der Waals surface area contributed by atoms with E-state index in [1.54, 1.807) is 0 Å². The minimum Gasteiger partial charge on any atom is -0.318 e. The highest BCUT2D eigenvalue weighted by Crippen LogP contribution is 2.55. The average Bonchev–Trinajstić information content (AvgIpc) is 1.56. The van der Waals surface area contributed by atoms with Gasteiger partial charge in [0.25, 0.3) is 0 Å². The molecular weight excluding hydrogens is 1230 g/mol. The van der Waals surface area contributed by atoms with Gasteiger partial charge in [-0.25, -0.2) is 19.9 Å². The Bertz CT molecular complexity index is 6330. The smallest absolute Gasteiger partial charge is 0.238 e.